The standard InChI is InChI=1S/C18H28N2O/c1-18(2,3)11-15(12-19)17(21)20-16(14-9-10-14)13-7-5-4-6-8-13/h4-8,14-16H,9-12,19H2,1-3H3,(H,20,21). The van der Waals surface area contributed by atoms with Crippen molar-refractivity contribution in [3.63, 3.8) is 0 Å². The molecule has 1 aromatic carbocycles. The Labute approximate surface area is 128 Å². The number of benzene rings is 1. The van der Waals surface area contributed by atoms with E-state index in [1.165, 1.54) is 18.4 Å². The van der Waals surface area contributed by atoms with E-state index in [4.69, 9.17) is 5.73 Å². The summed E-state index contributed by atoms with van der Waals surface area (Å²) in [5, 5.41) is 3.25. The van der Waals surface area contributed by atoms with Crippen molar-refractivity contribution in [3.05, 3.63) is 35.9 Å². The minimum atomic E-state index is -0.102. The van der Waals surface area contributed by atoms with Gasteiger partial charge in [-0.2, -0.15) is 0 Å². The summed E-state index contributed by atoms with van der Waals surface area (Å²) in [5.41, 5.74) is 7.15. The van der Waals surface area contributed by atoms with Gasteiger partial charge in [0, 0.05) is 6.54 Å². The van der Waals surface area contributed by atoms with E-state index in [1.807, 2.05) is 18.2 Å². The summed E-state index contributed by atoms with van der Waals surface area (Å²) in [6, 6.07) is 10.4. The van der Waals surface area contributed by atoms with Crippen molar-refractivity contribution in [2.24, 2.45) is 23.0 Å². The molecule has 3 nitrogen and oxygen atoms in total. The largest absolute Gasteiger partial charge is 0.349 e. The van der Waals surface area contributed by atoms with Gasteiger partial charge >= 0.3 is 0 Å². The minimum absolute atomic E-state index is 0.102. The molecule has 1 saturated carbocycles. The third kappa shape index (κ3) is 4.85. The summed E-state index contributed by atoms with van der Waals surface area (Å²) in [5.74, 6) is 0.590. The van der Waals surface area contributed by atoms with Crippen LogP contribution in [0.25, 0.3) is 0 Å². The van der Waals surface area contributed by atoms with Crippen LogP contribution < -0.4 is 11.1 Å². The summed E-state index contributed by atoms with van der Waals surface area (Å²) in [6.07, 6.45) is 3.22. The van der Waals surface area contributed by atoms with E-state index in [0.717, 1.165) is 6.42 Å². The number of carbonyl (C=O) groups is 1. The Morgan fingerprint density at radius 1 is 1.29 bits per heavy atom. The van der Waals surface area contributed by atoms with Gasteiger partial charge in [0.05, 0.1) is 12.0 Å². The van der Waals surface area contributed by atoms with E-state index < -0.39 is 0 Å². The summed E-state index contributed by atoms with van der Waals surface area (Å²) >= 11 is 0. The number of nitrogens with two attached hydrogens (primary N) is 1. The maximum absolute atomic E-state index is 12.6. The monoisotopic (exact) mass is 288 g/mol. The number of hydrogen-bond donors (Lipinski definition) is 2. The molecule has 0 heterocycles. The lowest BCUT2D eigenvalue weighted by atomic mass is 9.84. The van der Waals surface area contributed by atoms with E-state index in [2.05, 4.69) is 38.2 Å². The Bertz CT molecular complexity index is 460. The zero-order valence-corrected chi connectivity index (χ0v) is 13.4. The van der Waals surface area contributed by atoms with Gasteiger partial charge in [0.25, 0.3) is 0 Å². The Balaban J connectivity index is 2.04. The molecule has 116 valence electrons. The van der Waals surface area contributed by atoms with Gasteiger partial charge in [-0.1, -0.05) is 51.1 Å². The highest BCUT2D eigenvalue weighted by atomic mass is 16.2. The van der Waals surface area contributed by atoms with Crippen molar-refractivity contribution in [2.75, 3.05) is 6.54 Å². The quantitative estimate of drug-likeness (QED) is 0.844. The zero-order valence-electron chi connectivity index (χ0n) is 13.4. The maximum Gasteiger partial charge on any atom is 0.224 e. The first-order valence-corrected chi connectivity index (χ1v) is 7.96. The van der Waals surface area contributed by atoms with Crippen LogP contribution in [0.4, 0.5) is 0 Å². The SMILES string of the molecule is CC(C)(C)CC(CN)C(=O)NC(c1ccccc1)C1CC1. The first-order valence-electron chi connectivity index (χ1n) is 7.96. The van der Waals surface area contributed by atoms with Crippen molar-refractivity contribution >= 4 is 5.91 Å². The second-order valence-corrected chi connectivity index (χ2v) is 7.43. The van der Waals surface area contributed by atoms with Crippen LogP contribution >= 0.6 is 0 Å². The fourth-order valence-corrected chi connectivity index (χ4v) is 2.86. The first kappa shape index (κ1) is 16.0. The molecule has 3 N–H and O–H groups in total. The molecule has 1 aliphatic carbocycles. The third-order valence-corrected chi connectivity index (χ3v) is 4.06. The molecule has 1 aromatic rings. The summed E-state index contributed by atoms with van der Waals surface area (Å²) in [6.45, 7) is 6.87. The lowest BCUT2D eigenvalue weighted by Crippen LogP contribution is -2.39. The van der Waals surface area contributed by atoms with Gasteiger partial charge in [-0.05, 0) is 36.2 Å². The molecule has 0 saturated heterocycles. The lowest BCUT2D eigenvalue weighted by molar-refractivity contribution is -0.126. The lowest BCUT2D eigenvalue weighted by Gasteiger charge is -2.27. The van der Waals surface area contributed by atoms with Gasteiger partial charge in [-0.25, -0.2) is 0 Å². The van der Waals surface area contributed by atoms with Crippen LogP contribution in [-0.2, 0) is 4.79 Å². The highest BCUT2D eigenvalue weighted by molar-refractivity contribution is 5.79. The molecule has 1 amide bonds. The molecule has 2 unspecified atom stereocenters. The minimum Gasteiger partial charge on any atom is -0.349 e. The molecule has 0 radical (unpaired) electrons. The number of nitrogens with one attached hydrogen (secondary N) is 1. The number of amides is 1. The van der Waals surface area contributed by atoms with Crippen LogP contribution in [0.2, 0.25) is 0 Å². The molecule has 3 heteroatoms. The van der Waals surface area contributed by atoms with Crippen molar-refractivity contribution in [2.45, 2.75) is 46.1 Å². The normalized spacial score (nSPS) is 18.1. The predicted molar refractivity (Wildman–Crippen MR) is 86.7 cm³/mol. The topological polar surface area (TPSA) is 55.1 Å². The Hall–Kier alpha value is -1.35. The molecule has 0 aliphatic heterocycles. The van der Waals surface area contributed by atoms with Crippen LogP contribution in [-0.4, -0.2) is 12.5 Å². The van der Waals surface area contributed by atoms with E-state index in [1.54, 1.807) is 0 Å². The third-order valence-electron chi connectivity index (χ3n) is 4.06. The van der Waals surface area contributed by atoms with Gasteiger partial charge < -0.3 is 11.1 Å². The van der Waals surface area contributed by atoms with Crippen molar-refractivity contribution in [1.82, 2.24) is 5.32 Å². The maximum atomic E-state index is 12.6. The fourth-order valence-electron chi connectivity index (χ4n) is 2.86. The molecule has 21 heavy (non-hydrogen) atoms. The highest BCUT2D eigenvalue weighted by Gasteiger charge is 2.35. The number of hydrogen-bond acceptors (Lipinski definition) is 2. The van der Waals surface area contributed by atoms with Gasteiger partial charge in [-0.3, -0.25) is 4.79 Å². The molecule has 1 aliphatic rings. The van der Waals surface area contributed by atoms with Gasteiger partial charge in [0.1, 0.15) is 0 Å². The average Bonchev–Trinajstić information content (AvgIpc) is 3.26. The Kier molecular flexibility index (Phi) is 5.04. The van der Waals surface area contributed by atoms with E-state index in [0.29, 0.717) is 12.5 Å². The zero-order chi connectivity index (χ0) is 15.5. The van der Waals surface area contributed by atoms with Crippen molar-refractivity contribution in [1.29, 1.82) is 0 Å². The number of rotatable bonds is 6. The molecule has 2 atom stereocenters. The second kappa shape index (κ2) is 6.61. The molecular weight excluding hydrogens is 260 g/mol. The summed E-state index contributed by atoms with van der Waals surface area (Å²) < 4.78 is 0. The summed E-state index contributed by atoms with van der Waals surface area (Å²) in [7, 11) is 0. The van der Waals surface area contributed by atoms with Gasteiger partial charge in [-0.15, -0.1) is 0 Å². The van der Waals surface area contributed by atoms with Crippen LogP contribution in [0.3, 0.4) is 0 Å². The highest BCUT2D eigenvalue weighted by Crippen LogP contribution is 2.41. The van der Waals surface area contributed by atoms with Crippen LogP contribution in [0.1, 0.15) is 51.6 Å². The van der Waals surface area contributed by atoms with Crippen LogP contribution in [0.15, 0.2) is 30.3 Å². The average molecular weight is 288 g/mol. The molecule has 0 aromatic heterocycles. The Morgan fingerprint density at radius 3 is 2.38 bits per heavy atom. The number of carbonyl (C=O) groups excluding carboxylic acids is 1. The van der Waals surface area contributed by atoms with E-state index >= 15 is 0 Å². The smallest absolute Gasteiger partial charge is 0.224 e. The second-order valence-electron chi connectivity index (χ2n) is 7.43. The fraction of sp³-hybridized carbons (Fsp3) is 0.611. The molecule has 1 fully saturated rings. The van der Waals surface area contributed by atoms with Gasteiger partial charge in [0.2, 0.25) is 5.91 Å². The Morgan fingerprint density at radius 2 is 1.90 bits per heavy atom. The summed E-state index contributed by atoms with van der Waals surface area (Å²) in [4.78, 5) is 12.6. The molecule has 0 bridgehead atoms. The van der Waals surface area contributed by atoms with Crippen molar-refractivity contribution in [3.8, 4) is 0 Å². The van der Waals surface area contributed by atoms with Gasteiger partial charge in [0.15, 0.2) is 0 Å². The van der Waals surface area contributed by atoms with Crippen LogP contribution in [0, 0.1) is 17.3 Å². The van der Waals surface area contributed by atoms with Crippen molar-refractivity contribution < 1.29 is 4.79 Å². The van der Waals surface area contributed by atoms with E-state index in [-0.39, 0.29) is 23.3 Å². The predicted octanol–water partition coefficient (Wildman–Crippen LogP) is 3.27. The molecule has 2 rings (SSSR count). The van der Waals surface area contributed by atoms with E-state index in [9.17, 15) is 4.79 Å². The molecular formula is C18H28N2O. The van der Waals surface area contributed by atoms with Crippen LogP contribution in [0.5, 0.6) is 0 Å². The first-order chi connectivity index (χ1) is 9.90. The molecule has 0 spiro atoms.